The number of hydrogen-bond donors (Lipinski definition) is 2. The normalized spacial score (nSPS) is 16.6. The number of amides is 1. The van der Waals surface area contributed by atoms with Crippen LogP contribution in [0.2, 0.25) is 0 Å². The Morgan fingerprint density at radius 3 is 2.88 bits per heavy atom. The molecule has 4 nitrogen and oxygen atoms in total. The Kier molecular flexibility index (Phi) is 7.98. The molecule has 0 radical (unpaired) electrons. The topological polar surface area (TPSA) is 54.0 Å². The van der Waals surface area contributed by atoms with E-state index in [9.17, 15) is 4.79 Å². The van der Waals surface area contributed by atoms with Crippen molar-refractivity contribution in [3.63, 3.8) is 0 Å². The van der Waals surface area contributed by atoms with Crippen molar-refractivity contribution >= 4 is 36.2 Å². The quantitative estimate of drug-likeness (QED) is 0.760. The van der Waals surface area contributed by atoms with E-state index in [2.05, 4.69) is 39.9 Å². The van der Waals surface area contributed by atoms with Gasteiger partial charge in [-0.2, -0.15) is 0 Å². The van der Waals surface area contributed by atoms with Gasteiger partial charge in [0.1, 0.15) is 5.03 Å². The number of hydrogen-bond acceptors (Lipinski definition) is 4. The first-order chi connectivity index (χ1) is 11.8. The Morgan fingerprint density at radius 1 is 1.28 bits per heavy atom. The number of nitrogens with one attached hydrogen (secondary N) is 2. The molecule has 0 saturated carbocycles. The zero-order valence-corrected chi connectivity index (χ0v) is 15.5. The summed E-state index contributed by atoms with van der Waals surface area (Å²) in [7, 11) is 0. The molecule has 25 heavy (non-hydrogen) atoms. The van der Waals surface area contributed by atoms with Crippen LogP contribution in [0.3, 0.4) is 0 Å². The van der Waals surface area contributed by atoms with E-state index in [0.29, 0.717) is 5.56 Å². The van der Waals surface area contributed by atoms with Gasteiger partial charge in [0, 0.05) is 24.5 Å². The maximum absolute atomic E-state index is 12.5. The van der Waals surface area contributed by atoms with E-state index in [-0.39, 0.29) is 24.4 Å². The maximum atomic E-state index is 12.5. The van der Waals surface area contributed by atoms with Crippen molar-refractivity contribution in [2.75, 3.05) is 18.8 Å². The molecule has 132 valence electrons. The first-order valence-corrected chi connectivity index (χ1v) is 9.12. The van der Waals surface area contributed by atoms with Gasteiger partial charge in [0.2, 0.25) is 0 Å². The van der Waals surface area contributed by atoms with Gasteiger partial charge in [-0.3, -0.25) is 4.79 Å². The summed E-state index contributed by atoms with van der Waals surface area (Å²) in [5, 5.41) is 7.11. The van der Waals surface area contributed by atoms with Gasteiger partial charge >= 0.3 is 0 Å². The van der Waals surface area contributed by atoms with Crippen molar-refractivity contribution in [2.45, 2.75) is 17.5 Å². The van der Waals surface area contributed by atoms with Crippen molar-refractivity contribution < 1.29 is 4.79 Å². The SMILES string of the molecule is Cl.O=C(NC1CCNC1)c1cccnc1SCC=Cc1ccccc1. The van der Waals surface area contributed by atoms with E-state index in [0.717, 1.165) is 30.3 Å². The van der Waals surface area contributed by atoms with Crippen molar-refractivity contribution in [1.82, 2.24) is 15.6 Å². The van der Waals surface area contributed by atoms with Gasteiger partial charge in [0.05, 0.1) is 5.56 Å². The highest BCUT2D eigenvalue weighted by Crippen LogP contribution is 2.20. The van der Waals surface area contributed by atoms with Gasteiger partial charge < -0.3 is 10.6 Å². The molecule has 6 heteroatoms. The third-order valence-corrected chi connectivity index (χ3v) is 4.80. The minimum Gasteiger partial charge on any atom is -0.348 e. The third-order valence-electron chi connectivity index (χ3n) is 3.84. The molecule has 1 saturated heterocycles. The lowest BCUT2D eigenvalue weighted by atomic mass is 10.2. The summed E-state index contributed by atoms with van der Waals surface area (Å²) in [6, 6.07) is 14.0. The van der Waals surface area contributed by atoms with E-state index < -0.39 is 0 Å². The standard InChI is InChI=1S/C19H21N3OS.ClH/c23-18(22-16-10-12-20-14-16)17-9-4-11-21-19(17)24-13-5-8-15-6-2-1-3-7-15;/h1-9,11,16,20H,10,12-14H2,(H,22,23);1H. The Morgan fingerprint density at radius 2 is 2.12 bits per heavy atom. The highest BCUT2D eigenvalue weighted by Gasteiger charge is 2.19. The molecule has 1 aromatic heterocycles. The Labute approximate surface area is 158 Å². The first-order valence-electron chi connectivity index (χ1n) is 8.14. The van der Waals surface area contributed by atoms with E-state index in [4.69, 9.17) is 0 Å². The van der Waals surface area contributed by atoms with E-state index in [1.807, 2.05) is 30.3 Å². The van der Waals surface area contributed by atoms with Crippen LogP contribution in [0.5, 0.6) is 0 Å². The number of aromatic nitrogens is 1. The summed E-state index contributed by atoms with van der Waals surface area (Å²) in [4.78, 5) is 16.8. The molecular weight excluding hydrogens is 354 g/mol. The van der Waals surface area contributed by atoms with Crippen LogP contribution in [0.4, 0.5) is 0 Å². The van der Waals surface area contributed by atoms with Crippen LogP contribution in [0, 0.1) is 0 Å². The minimum absolute atomic E-state index is 0. The second-order valence-corrected chi connectivity index (χ2v) is 6.65. The van der Waals surface area contributed by atoms with Crippen LogP contribution in [0.25, 0.3) is 6.08 Å². The Hall–Kier alpha value is -1.82. The molecule has 1 aromatic carbocycles. The molecule has 1 amide bonds. The smallest absolute Gasteiger partial charge is 0.254 e. The van der Waals surface area contributed by atoms with Gasteiger partial charge in [-0.05, 0) is 30.7 Å². The highest BCUT2D eigenvalue weighted by atomic mass is 35.5. The summed E-state index contributed by atoms with van der Waals surface area (Å²) in [5.41, 5.74) is 1.83. The van der Waals surface area contributed by atoms with Crippen LogP contribution < -0.4 is 10.6 Å². The van der Waals surface area contributed by atoms with Crippen LogP contribution >= 0.6 is 24.2 Å². The summed E-state index contributed by atoms with van der Waals surface area (Å²) >= 11 is 1.58. The number of halogens is 1. The zero-order chi connectivity index (χ0) is 16.6. The average molecular weight is 376 g/mol. The Balaban J connectivity index is 0.00000225. The molecule has 1 atom stereocenters. The van der Waals surface area contributed by atoms with Gasteiger partial charge in [0.25, 0.3) is 5.91 Å². The number of carbonyl (C=O) groups excluding carboxylic acids is 1. The summed E-state index contributed by atoms with van der Waals surface area (Å²) in [6.07, 6.45) is 6.89. The van der Waals surface area contributed by atoms with Crippen LogP contribution in [-0.2, 0) is 0 Å². The molecule has 1 fully saturated rings. The zero-order valence-electron chi connectivity index (χ0n) is 13.9. The molecule has 2 heterocycles. The molecular formula is C19H22ClN3OS. The largest absolute Gasteiger partial charge is 0.348 e. The lowest BCUT2D eigenvalue weighted by Gasteiger charge is -2.12. The fourth-order valence-electron chi connectivity index (χ4n) is 2.60. The lowest BCUT2D eigenvalue weighted by Crippen LogP contribution is -2.36. The lowest BCUT2D eigenvalue weighted by molar-refractivity contribution is 0.0936. The van der Waals surface area contributed by atoms with Crippen molar-refractivity contribution in [3.05, 3.63) is 65.9 Å². The molecule has 3 rings (SSSR count). The van der Waals surface area contributed by atoms with E-state index >= 15 is 0 Å². The molecule has 1 unspecified atom stereocenters. The summed E-state index contributed by atoms with van der Waals surface area (Å²) in [6.45, 7) is 1.80. The molecule has 1 aliphatic rings. The minimum atomic E-state index is -0.0358. The Bertz CT molecular complexity index is 703. The summed E-state index contributed by atoms with van der Waals surface area (Å²) in [5.74, 6) is 0.739. The number of thioether (sulfide) groups is 1. The number of carbonyl (C=O) groups is 1. The molecule has 0 bridgehead atoms. The maximum Gasteiger partial charge on any atom is 0.254 e. The molecule has 0 aliphatic carbocycles. The molecule has 2 N–H and O–H groups in total. The predicted molar refractivity (Wildman–Crippen MR) is 106 cm³/mol. The van der Waals surface area contributed by atoms with Gasteiger partial charge in [-0.25, -0.2) is 4.98 Å². The number of nitrogens with zero attached hydrogens (tertiary/aromatic N) is 1. The number of rotatable bonds is 6. The fourth-order valence-corrected chi connectivity index (χ4v) is 3.40. The van der Waals surface area contributed by atoms with Crippen LogP contribution in [0.15, 0.2) is 59.8 Å². The predicted octanol–water partition coefficient (Wildman–Crippen LogP) is 3.40. The second-order valence-electron chi connectivity index (χ2n) is 5.64. The fraction of sp³-hybridized carbons (Fsp3) is 0.263. The van der Waals surface area contributed by atoms with Crippen molar-refractivity contribution in [2.24, 2.45) is 0 Å². The first kappa shape index (κ1) is 19.5. The van der Waals surface area contributed by atoms with Gasteiger partial charge in [-0.1, -0.05) is 42.5 Å². The van der Waals surface area contributed by atoms with Gasteiger partial charge in [0.15, 0.2) is 0 Å². The van der Waals surface area contributed by atoms with Crippen molar-refractivity contribution in [1.29, 1.82) is 0 Å². The van der Waals surface area contributed by atoms with Crippen molar-refractivity contribution in [3.8, 4) is 0 Å². The van der Waals surface area contributed by atoms with E-state index in [1.165, 1.54) is 5.56 Å². The molecule has 0 spiro atoms. The second kappa shape index (κ2) is 10.2. The number of pyridine rings is 1. The van der Waals surface area contributed by atoms with Gasteiger partial charge in [-0.15, -0.1) is 24.2 Å². The van der Waals surface area contributed by atoms with Crippen LogP contribution in [-0.4, -0.2) is 35.8 Å². The molecule has 2 aromatic rings. The summed E-state index contributed by atoms with van der Waals surface area (Å²) < 4.78 is 0. The monoisotopic (exact) mass is 375 g/mol. The van der Waals surface area contributed by atoms with Crippen LogP contribution in [0.1, 0.15) is 22.3 Å². The number of benzene rings is 1. The third kappa shape index (κ3) is 5.88. The van der Waals surface area contributed by atoms with E-state index in [1.54, 1.807) is 18.0 Å². The molecule has 1 aliphatic heterocycles. The average Bonchev–Trinajstić information content (AvgIpc) is 3.13. The highest BCUT2D eigenvalue weighted by molar-refractivity contribution is 7.99.